The van der Waals surface area contributed by atoms with Crippen molar-refractivity contribution in [1.29, 1.82) is 0 Å². The minimum Gasteiger partial charge on any atom is -0.493 e. The van der Waals surface area contributed by atoms with Gasteiger partial charge in [-0.05, 0) is 31.5 Å². The van der Waals surface area contributed by atoms with E-state index in [0.717, 1.165) is 31.7 Å². The van der Waals surface area contributed by atoms with Crippen LogP contribution in [0.3, 0.4) is 0 Å². The monoisotopic (exact) mass is 284 g/mol. The summed E-state index contributed by atoms with van der Waals surface area (Å²) in [7, 11) is 0. The summed E-state index contributed by atoms with van der Waals surface area (Å²) in [5.74, 6) is 0.879. The van der Waals surface area contributed by atoms with Crippen LogP contribution in [0.15, 0.2) is 30.3 Å². The molecule has 19 heavy (non-hydrogen) atoms. The smallest absolute Gasteiger partial charge is 0.223 e. The number of benzene rings is 1. The minimum absolute atomic E-state index is 0. The van der Waals surface area contributed by atoms with Crippen LogP contribution in [0, 0.1) is 0 Å². The molecule has 1 atom stereocenters. The first-order chi connectivity index (χ1) is 8.84. The van der Waals surface area contributed by atoms with Crippen molar-refractivity contribution < 1.29 is 9.53 Å². The lowest BCUT2D eigenvalue weighted by molar-refractivity contribution is -0.122. The summed E-state index contributed by atoms with van der Waals surface area (Å²) in [6.07, 6.45) is 2.61. The van der Waals surface area contributed by atoms with Crippen molar-refractivity contribution in [2.24, 2.45) is 0 Å². The largest absolute Gasteiger partial charge is 0.493 e. The first-order valence-electron chi connectivity index (χ1n) is 6.52. The first kappa shape index (κ1) is 15.8. The van der Waals surface area contributed by atoms with E-state index in [2.05, 4.69) is 10.6 Å². The number of rotatable bonds is 5. The van der Waals surface area contributed by atoms with Crippen LogP contribution in [-0.2, 0) is 4.79 Å². The highest BCUT2D eigenvalue weighted by atomic mass is 35.5. The average Bonchev–Trinajstić information content (AvgIpc) is 2.41. The van der Waals surface area contributed by atoms with Crippen LogP contribution in [0.2, 0.25) is 0 Å². The van der Waals surface area contributed by atoms with E-state index in [4.69, 9.17) is 4.74 Å². The van der Waals surface area contributed by atoms with Gasteiger partial charge < -0.3 is 15.4 Å². The Morgan fingerprint density at radius 2 is 2.16 bits per heavy atom. The Labute approximate surface area is 120 Å². The van der Waals surface area contributed by atoms with Gasteiger partial charge in [-0.15, -0.1) is 12.4 Å². The van der Waals surface area contributed by atoms with Gasteiger partial charge in [0.2, 0.25) is 5.91 Å². The van der Waals surface area contributed by atoms with Gasteiger partial charge in [-0.25, -0.2) is 0 Å². The maximum absolute atomic E-state index is 11.7. The summed E-state index contributed by atoms with van der Waals surface area (Å²) < 4.78 is 5.49. The topological polar surface area (TPSA) is 50.4 Å². The molecule has 0 spiro atoms. The van der Waals surface area contributed by atoms with E-state index >= 15 is 0 Å². The molecular weight excluding hydrogens is 264 g/mol. The molecule has 2 N–H and O–H groups in total. The van der Waals surface area contributed by atoms with Crippen LogP contribution in [0.4, 0.5) is 0 Å². The Kier molecular flexibility index (Phi) is 7.30. The zero-order chi connectivity index (χ0) is 12.6. The van der Waals surface area contributed by atoms with E-state index < -0.39 is 0 Å². The second-order valence-electron chi connectivity index (χ2n) is 4.52. The van der Waals surface area contributed by atoms with Crippen LogP contribution in [0.25, 0.3) is 0 Å². The molecule has 1 aliphatic rings. The van der Waals surface area contributed by atoms with Gasteiger partial charge in [-0.3, -0.25) is 4.79 Å². The van der Waals surface area contributed by atoms with Crippen molar-refractivity contribution >= 4 is 18.3 Å². The van der Waals surface area contributed by atoms with Gasteiger partial charge in [0.1, 0.15) is 5.75 Å². The van der Waals surface area contributed by atoms with Gasteiger partial charge in [0.25, 0.3) is 0 Å². The number of carbonyl (C=O) groups excluding carboxylic acids is 1. The predicted molar refractivity (Wildman–Crippen MR) is 77.8 cm³/mol. The van der Waals surface area contributed by atoms with Gasteiger partial charge in [0.15, 0.2) is 0 Å². The Morgan fingerprint density at radius 1 is 1.37 bits per heavy atom. The number of piperidine rings is 1. The van der Waals surface area contributed by atoms with E-state index in [1.54, 1.807) is 0 Å². The van der Waals surface area contributed by atoms with Gasteiger partial charge >= 0.3 is 0 Å². The molecule has 1 aliphatic heterocycles. The molecule has 1 aromatic rings. The summed E-state index contributed by atoms with van der Waals surface area (Å²) in [5.41, 5.74) is 0. The molecule has 4 nitrogen and oxygen atoms in total. The molecule has 0 saturated carbocycles. The number of amides is 1. The van der Waals surface area contributed by atoms with Crippen molar-refractivity contribution in [3.63, 3.8) is 0 Å². The maximum Gasteiger partial charge on any atom is 0.223 e. The molecule has 1 heterocycles. The molecule has 5 heteroatoms. The second kappa shape index (κ2) is 8.77. The Morgan fingerprint density at radius 3 is 2.84 bits per heavy atom. The highest BCUT2D eigenvalue weighted by molar-refractivity contribution is 5.85. The van der Waals surface area contributed by atoms with Gasteiger partial charge in [-0.1, -0.05) is 18.2 Å². The third-order valence-electron chi connectivity index (χ3n) is 3.00. The van der Waals surface area contributed by atoms with E-state index in [1.165, 1.54) is 0 Å². The van der Waals surface area contributed by atoms with Crippen LogP contribution in [-0.4, -0.2) is 31.6 Å². The molecular formula is C14H21ClN2O2. The SMILES string of the molecule is Cl.O=C(CCOc1ccccc1)NC1CCCNC1. The van der Waals surface area contributed by atoms with Crippen molar-refractivity contribution in [2.45, 2.75) is 25.3 Å². The maximum atomic E-state index is 11.7. The Bertz CT molecular complexity index is 367. The number of ether oxygens (including phenoxy) is 1. The highest BCUT2D eigenvalue weighted by Crippen LogP contribution is 2.08. The number of nitrogens with one attached hydrogen (secondary N) is 2. The lowest BCUT2D eigenvalue weighted by atomic mass is 10.1. The third-order valence-corrected chi connectivity index (χ3v) is 3.00. The number of para-hydroxylation sites is 1. The normalized spacial score (nSPS) is 18.2. The lowest BCUT2D eigenvalue weighted by Crippen LogP contribution is -2.45. The van der Waals surface area contributed by atoms with E-state index in [-0.39, 0.29) is 24.4 Å². The second-order valence-corrected chi connectivity index (χ2v) is 4.52. The van der Waals surface area contributed by atoms with Gasteiger partial charge in [-0.2, -0.15) is 0 Å². The molecule has 2 rings (SSSR count). The van der Waals surface area contributed by atoms with Crippen LogP contribution in [0.1, 0.15) is 19.3 Å². The van der Waals surface area contributed by atoms with Crippen LogP contribution >= 0.6 is 12.4 Å². The fourth-order valence-electron chi connectivity index (χ4n) is 2.05. The minimum atomic E-state index is 0. The molecule has 1 unspecified atom stereocenters. The summed E-state index contributed by atoms with van der Waals surface area (Å²) in [6, 6.07) is 9.84. The Hall–Kier alpha value is -1.26. The fourth-order valence-corrected chi connectivity index (χ4v) is 2.05. The summed E-state index contributed by atoms with van der Waals surface area (Å²) in [5, 5.41) is 6.30. The molecule has 106 valence electrons. The van der Waals surface area contributed by atoms with Crippen molar-refractivity contribution in [1.82, 2.24) is 10.6 Å². The molecule has 0 bridgehead atoms. The zero-order valence-corrected chi connectivity index (χ0v) is 11.7. The lowest BCUT2D eigenvalue weighted by Gasteiger charge is -2.23. The van der Waals surface area contributed by atoms with Crippen LogP contribution in [0.5, 0.6) is 5.75 Å². The van der Waals surface area contributed by atoms with Crippen molar-refractivity contribution in [3.05, 3.63) is 30.3 Å². The summed E-state index contributed by atoms with van der Waals surface area (Å²) >= 11 is 0. The summed E-state index contributed by atoms with van der Waals surface area (Å²) in [6.45, 7) is 2.37. The number of hydrogen-bond acceptors (Lipinski definition) is 3. The van der Waals surface area contributed by atoms with Crippen molar-refractivity contribution in [2.75, 3.05) is 19.7 Å². The molecule has 1 fully saturated rings. The molecule has 0 radical (unpaired) electrons. The van der Waals surface area contributed by atoms with E-state index in [1.807, 2.05) is 30.3 Å². The molecule has 0 aliphatic carbocycles. The molecule has 1 saturated heterocycles. The van der Waals surface area contributed by atoms with Crippen LogP contribution < -0.4 is 15.4 Å². The predicted octanol–water partition coefficient (Wildman–Crippen LogP) is 1.75. The third kappa shape index (κ3) is 5.94. The highest BCUT2D eigenvalue weighted by Gasteiger charge is 2.14. The molecule has 1 aromatic carbocycles. The number of hydrogen-bond donors (Lipinski definition) is 2. The molecule has 1 amide bonds. The summed E-state index contributed by atoms with van der Waals surface area (Å²) in [4.78, 5) is 11.7. The zero-order valence-electron chi connectivity index (χ0n) is 10.9. The fraction of sp³-hybridized carbons (Fsp3) is 0.500. The number of halogens is 1. The van der Waals surface area contributed by atoms with Gasteiger partial charge in [0, 0.05) is 12.6 Å². The Balaban J connectivity index is 0.00000180. The first-order valence-corrected chi connectivity index (χ1v) is 6.52. The van der Waals surface area contributed by atoms with E-state index in [0.29, 0.717) is 13.0 Å². The van der Waals surface area contributed by atoms with Crippen molar-refractivity contribution in [3.8, 4) is 5.75 Å². The number of carbonyl (C=O) groups is 1. The van der Waals surface area contributed by atoms with Gasteiger partial charge in [0.05, 0.1) is 13.0 Å². The quantitative estimate of drug-likeness (QED) is 0.866. The molecule has 0 aromatic heterocycles. The van der Waals surface area contributed by atoms with E-state index in [9.17, 15) is 4.79 Å². The average molecular weight is 285 g/mol. The standard InChI is InChI=1S/C14H20N2O2.ClH/c17-14(16-12-5-4-9-15-11-12)8-10-18-13-6-2-1-3-7-13;/h1-3,6-7,12,15H,4-5,8-11H2,(H,16,17);1H.